The summed E-state index contributed by atoms with van der Waals surface area (Å²) in [6, 6.07) is 3.23. The molecule has 1 unspecified atom stereocenters. The van der Waals surface area contributed by atoms with Gasteiger partial charge in [-0.15, -0.1) is 0 Å². The third kappa shape index (κ3) is 3.98. The van der Waals surface area contributed by atoms with Crippen LogP contribution in [0.2, 0.25) is 0 Å². The maximum Gasteiger partial charge on any atom is 0.257 e. The maximum atomic E-state index is 13.4. The van der Waals surface area contributed by atoms with Crippen LogP contribution in [-0.4, -0.2) is 38.0 Å². The Kier molecular flexibility index (Phi) is 5.21. The van der Waals surface area contributed by atoms with Crippen LogP contribution >= 0.6 is 0 Å². The van der Waals surface area contributed by atoms with Crippen LogP contribution in [0.4, 0.5) is 8.78 Å². The SMILES string of the molecule is O=C(NCCNC(=O)C1CCNC1)c1c(F)cccc1F. The fraction of sp³-hybridized carbons (Fsp3) is 0.429. The summed E-state index contributed by atoms with van der Waals surface area (Å²) < 4.78 is 26.7. The lowest BCUT2D eigenvalue weighted by molar-refractivity contribution is -0.124. The van der Waals surface area contributed by atoms with Gasteiger partial charge in [-0.1, -0.05) is 6.07 Å². The number of hydrogen-bond donors (Lipinski definition) is 3. The van der Waals surface area contributed by atoms with E-state index < -0.39 is 23.1 Å². The van der Waals surface area contributed by atoms with Crippen LogP contribution in [0.5, 0.6) is 0 Å². The minimum atomic E-state index is -0.909. The Morgan fingerprint density at radius 2 is 1.86 bits per heavy atom. The summed E-state index contributed by atoms with van der Waals surface area (Å²) in [4.78, 5) is 23.4. The van der Waals surface area contributed by atoms with Gasteiger partial charge in [-0.3, -0.25) is 9.59 Å². The summed E-state index contributed by atoms with van der Waals surface area (Å²) in [6.45, 7) is 1.80. The Morgan fingerprint density at radius 3 is 2.48 bits per heavy atom. The highest BCUT2D eigenvalue weighted by atomic mass is 19.1. The predicted molar refractivity (Wildman–Crippen MR) is 72.7 cm³/mol. The van der Waals surface area contributed by atoms with Gasteiger partial charge in [0, 0.05) is 19.6 Å². The molecule has 7 heteroatoms. The van der Waals surface area contributed by atoms with Gasteiger partial charge < -0.3 is 16.0 Å². The molecule has 1 aliphatic heterocycles. The topological polar surface area (TPSA) is 70.2 Å². The average molecular weight is 297 g/mol. The molecular formula is C14H17F2N3O2. The van der Waals surface area contributed by atoms with Crippen LogP contribution < -0.4 is 16.0 Å². The average Bonchev–Trinajstić information content (AvgIpc) is 2.97. The Labute approximate surface area is 121 Å². The van der Waals surface area contributed by atoms with Crippen molar-refractivity contribution in [3.05, 3.63) is 35.4 Å². The number of carbonyl (C=O) groups excluding carboxylic acids is 2. The number of carbonyl (C=O) groups is 2. The van der Waals surface area contributed by atoms with E-state index in [-0.39, 0.29) is 24.9 Å². The molecule has 0 aromatic heterocycles. The number of halogens is 2. The number of hydrogen-bond acceptors (Lipinski definition) is 3. The van der Waals surface area contributed by atoms with Crippen LogP contribution in [0.1, 0.15) is 16.8 Å². The Balaban J connectivity index is 1.75. The van der Waals surface area contributed by atoms with E-state index in [0.717, 1.165) is 25.1 Å². The number of benzene rings is 1. The second-order valence-electron chi connectivity index (χ2n) is 4.83. The molecule has 0 saturated carbocycles. The zero-order valence-corrected chi connectivity index (χ0v) is 11.4. The maximum absolute atomic E-state index is 13.4. The van der Waals surface area contributed by atoms with Gasteiger partial charge in [0.2, 0.25) is 5.91 Å². The van der Waals surface area contributed by atoms with E-state index in [9.17, 15) is 18.4 Å². The molecule has 3 N–H and O–H groups in total. The van der Waals surface area contributed by atoms with E-state index >= 15 is 0 Å². The van der Waals surface area contributed by atoms with Crippen molar-refractivity contribution in [1.82, 2.24) is 16.0 Å². The van der Waals surface area contributed by atoms with E-state index in [0.29, 0.717) is 6.54 Å². The zero-order valence-electron chi connectivity index (χ0n) is 11.4. The number of amides is 2. The number of rotatable bonds is 5. The smallest absolute Gasteiger partial charge is 0.257 e. The minimum Gasteiger partial charge on any atom is -0.354 e. The molecule has 0 radical (unpaired) electrons. The molecule has 5 nitrogen and oxygen atoms in total. The summed E-state index contributed by atoms with van der Waals surface area (Å²) >= 11 is 0. The van der Waals surface area contributed by atoms with Crippen molar-refractivity contribution in [2.45, 2.75) is 6.42 Å². The van der Waals surface area contributed by atoms with Gasteiger partial charge in [0.05, 0.1) is 5.92 Å². The molecule has 1 fully saturated rings. The van der Waals surface area contributed by atoms with Crippen molar-refractivity contribution in [3.8, 4) is 0 Å². The number of nitrogens with one attached hydrogen (secondary N) is 3. The summed E-state index contributed by atoms with van der Waals surface area (Å²) in [5.41, 5.74) is -0.608. The molecule has 21 heavy (non-hydrogen) atoms. The Morgan fingerprint density at radius 1 is 1.19 bits per heavy atom. The Bertz CT molecular complexity index is 511. The molecule has 2 rings (SSSR count). The van der Waals surface area contributed by atoms with Crippen molar-refractivity contribution >= 4 is 11.8 Å². The lowest BCUT2D eigenvalue weighted by atomic mass is 10.1. The summed E-state index contributed by atoms with van der Waals surface area (Å²) in [7, 11) is 0. The zero-order chi connectivity index (χ0) is 15.2. The van der Waals surface area contributed by atoms with Gasteiger partial charge in [0.1, 0.15) is 17.2 Å². The molecule has 1 aliphatic rings. The van der Waals surface area contributed by atoms with Gasteiger partial charge in [-0.05, 0) is 25.1 Å². The highest BCUT2D eigenvalue weighted by Crippen LogP contribution is 2.11. The molecule has 114 valence electrons. The first-order chi connectivity index (χ1) is 10.1. The molecule has 1 atom stereocenters. The normalized spacial score (nSPS) is 17.5. The van der Waals surface area contributed by atoms with E-state index in [1.165, 1.54) is 6.07 Å². The van der Waals surface area contributed by atoms with Gasteiger partial charge in [0.15, 0.2) is 0 Å². The second kappa shape index (κ2) is 7.12. The summed E-state index contributed by atoms with van der Waals surface area (Å²) in [5, 5.41) is 8.14. The van der Waals surface area contributed by atoms with Crippen molar-refractivity contribution in [3.63, 3.8) is 0 Å². The molecule has 1 heterocycles. The molecule has 0 aliphatic carbocycles. The van der Waals surface area contributed by atoms with Gasteiger partial charge in [0.25, 0.3) is 5.91 Å². The molecule has 0 spiro atoms. The first kappa shape index (κ1) is 15.4. The molecule has 1 aromatic rings. The summed E-state index contributed by atoms with van der Waals surface area (Å²) in [5.74, 6) is -2.78. The third-order valence-corrected chi connectivity index (χ3v) is 3.33. The highest BCUT2D eigenvalue weighted by Gasteiger charge is 2.22. The molecule has 2 amide bonds. The van der Waals surface area contributed by atoms with Crippen LogP contribution in [0, 0.1) is 17.6 Å². The third-order valence-electron chi connectivity index (χ3n) is 3.33. The van der Waals surface area contributed by atoms with Gasteiger partial charge in [-0.2, -0.15) is 0 Å². The largest absolute Gasteiger partial charge is 0.354 e. The van der Waals surface area contributed by atoms with E-state index in [1.807, 2.05) is 0 Å². The van der Waals surface area contributed by atoms with Crippen LogP contribution in [-0.2, 0) is 4.79 Å². The molecule has 1 saturated heterocycles. The lowest BCUT2D eigenvalue weighted by Crippen LogP contribution is -2.38. The van der Waals surface area contributed by atoms with Crippen LogP contribution in [0.3, 0.4) is 0 Å². The fourth-order valence-electron chi connectivity index (χ4n) is 2.19. The Hall–Kier alpha value is -2.02. The standard InChI is InChI=1S/C14H17F2N3O2/c15-10-2-1-3-11(16)12(10)14(21)19-7-6-18-13(20)9-4-5-17-8-9/h1-3,9,17H,4-8H2,(H,18,20)(H,19,21). The van der Waals surface area contributed by atoms with Crippen LogP contribution in [0.15, 0.2) is 18.2 Å². The second-order valence-corrected chi connectivity index (χ2v) is 4.83. The minimum absolute atomic E-state index is 0.0512. The van der Waals surface area contributed by atoms with E-state index in [1.54, 1.807) is 0 Å². The van der Waals surface area contributed by atoms with E-state index in [4.69, 9.17) is 0 Å². The molecular weight excluding hydrogens is 280 g/mol. The fourth-order valence-corrected chi connectivity index (χ4v) is 2.19. The first-order valence-corrected chi connectivity index (χ1v) is 6.80. The molecule has 0 bridgehead atoms. The van der Waals surface area contributed by atoms with Gasteiger partial charge >= 0.3 is 0 Å². The van der Waals surface area contributed by atoms with Crippen molar-refractivity contribution < 1.29 is 18.4 Å². The van der Waals surface area contributed by atoms with Crippen LogP contribution in [0.25, 0.3) is 0 Å². The lowest BCUT2D eigenvalue weighted by Gasteiger charge is -2.11. The monoisotopic (exact) mass is 297 g/mol. The van der Waals surface area contributed by atoms with E-state index in [2.05, 4.69) is 16.0 Å². The van der Waals surface area contributed by atoms with Crippen molar-refractivity contribution in [2.24, 2.45) is 5.92 Å². The highest BCUT2D eigenvalue weighted by molar-refractivity contribution is 5.94. The quantitative estimate of drug-likeness (QED) is 0.690. The predicted octanol–water partition coefficient (Wildman–Crippen LogP) is 0.420. The van der Waals surface area contributed by atoms with Gasteiger partial charge in [-0.25, -0.2) is 8.78 Å². The van der Waals surface area contributed by atoms with Crippen molar-refractivity contribution in [1.29, 1.82) is 0 Å². The molecule has 1 aromatic carbocycles. The first-order valence-electron chi connectivity index (χ1n) is 6.80. The van der Waals surface area contributed by atoms with Crippen molar-refractivity contribution in [2.75, 3.05) is 26.2 Å². The summed E-state index contributed by atoms with van der Waals surface area (Å²) in [6.07, 6.45) is 0.790.